The van der Waals surface area contributed by atoms with Crippen molar-refractivity contribution in [3.8, 4) is 5.75 Å². The van der Waals surface area contributed by atoms with Crippen molar-refractivity contribution in [3.63, 3.8) is 0 Å². The lowest BCUT2D eigenvalue weighted by atomic mass is 10.1. The van der Waals surface area contributed by atoms with Crippen molar-refractivity contribution in [2.45, 2.75) is 50.7 Å². The van der Waals surface area contributed by atoms with Crippen LogP contribution in [0.2, 0.25) is 5.02 Å². The van der Waals surface area contributed by atoms with E-state index in [1.807, 2.05) is 19.9 Å². The van der Waals surface area contributed by atoms with Gasteiger partial charge in [0.15, 0.2) is 0 Å². The van der Waals surface area contributed by atoms with E-state index in [9.17, 15) is 18.0 Å². The Morgan fingerprint density at radius 1 is 1.12 bits per heavy atom. The highest BCUT2D eigenvalue weighted by Crippen LogP contribution is 2.19. The number of benzene rings is 2. The minimum atomic E-state index is -3.93. The van der Waals surface area contributed by atoms with Crippen molar-refractivity contribution >= 4 is 33.4 Å². The van der Waals surface area contributed by atoms with E-state index in [1.54, 1.807) is 32.2 Å². The third-order valence-corrected chi connectivity index (χ3v) is 7.60. The summed E-state index contributed by atoms with van der Waals surface area (Å²) in [5.74, 6) is -0.201. The average molecular weight is 510 g/mol. The number of carbonyl (C=O) groups is 2. The fraction of sp³-hybridized carbons (Fsp3) is 0.417. The highest BCUT2D eigenvalue weighted by molar-refractivity contribution is 7.89. The first-order valence-electron chi connectivity index (χ1n) is 10.9. The number of rotatable bonds is 11. The minimum Gasteiger partial charge on any atom is -0.497 e. The van der Waals surface area contributed by atoms with Crippen molar-refractivity contribution < 1.29 is 22.7 Å². The molecule has 10 heteroatoms. The van der Waals surface area contributed by atoms with Crippen LogP contribution in [0.1, 0.15) is 32.8 Å². The van der Waals surface area contributed by atoms with Gasteiger partial charge >= 0.3 is 0 Å². The number of methoxy groups -OCH3 is 1. The number of carbonyl (C=O) groups excluding carboxylic acids is 2. The van der Waals surface area contributed by atoms with Crippen molar-refractivity contribution in [2.75, 3.05) is 20.7 Å². The molecule has 0 heterocycles. The van der Waals surface area contributed by atoms with E-state index in [0.717, 1.165) is 16.3 Å². The molecule has 186 valence electrons. The fourth-order valence-electron chi connectivity index (χ4n) is 3.17. The SMILES string of the molecule is CC[C@@H](C)NC(=O)[C@@H](C)N(Cc1cccc(OC)c1)C(=O)CN(C)S(=O)(=O)c1ccc(Cl)cc1. The summed E-state index contributed by atoms with van der Waals surface area (Å²) in [6, 6.07) is 12.0. The number of hydrogen-bond acceptors (Lipinski definition) is 5. The van der Waals surface area contributed by atoms with Crippen LogP contribution in [0.25, 0.3) is 0 Å². The summed E-state index contributed by atoms with van der Waals surface area (Å²) in [6.07, 6.45) is 0.740. The van der Waals surface area contributed by atoms with Gasteiger partial charge in [-0.3, -0.25) is 9.59 Å². The Labute approximate surface area is 206 Å². The second kappa shape index (κ2) is 12.2. The van der Waals surface area contributed by atoms with Crippen LogP contribution in [0.5, 0.6) is 5.75 Å². The molecule has 0 radical (unpaired) electrons. The molecule has 0 aliphatic rings. The first-order chi connectivity index (χ1) is 16.0. The summed E-state index contributed by atoms with van der Waals surface area (Å²) < 4.78 is 32.1. The van der Waals surface area contributed by atoms with Gasteiger partial charge in [0, 0.05) is 24.7 Å². The Bertz CT molecular complexity index is 1090. The standard InChI is InChI=1S/C24H32ClN3O5S/c1-6-17(2)26-24(30)18(3)28(15-19-8-7-9-21(14-19)33-5)23(29)16-27(4)34(31,32)22-12-10-20(25)11-13-22/h7-14,17-18H,6,15-16H2,1-5H3,(H,26,30)/t17-,18-/m1/s1. The molecule has 0 saturated carbocycles. The number of sulfonamides is 1. The maximum atomic E-state index is 13.3. The van der Waals surface area contributed by atoms with Crippen LogP contribution in [0.15, 0.2) is 53.4 Å². The summed E-state index contributed by atoms with van der Waals surface area (Å²) >= 11 is 5.86. The molecule has 2 amide bonds. The van der Waals surface area contributed by atoms with E-state index in [0.29, 0.717) is 10.8 Å². The highest BCUT2D eigenvalue weighted by Gasteiger charge is 2.30. The van der Waals surface area contributed by atoms with Crippen LogP contribution >= 0.6 is 11.6 Å². The number of hydrogen-bond donors (Lipinski definition) is 1. The van der Waals surface area contributed by atoms with E-state index in [2.05, 4.69) is 5.32 Å². The molecule has 0 saturated heterocycles. The molecule has 0 bridgehead atoms. The molecule has 8 nitrogen and oxygen atoms in total. The van der Waals surface area contributed by atoms with E-state index in [4.69, 9.17) is 16.3 Å². The van der Waals surface area contributed by atoms with Crippen LogP contribution in [0, 0.1) is 0 Å². The van der Waals surface area contributed by atoms with Crippen molar-refractivity contribution in [3.05, 3.63) is 59.1 Å². The van der Waals surface area contributed by atoms with Gasteiger partial charge in [-0.15, -0.1) is 0 Å². The van der Waals surface area contributed by atoms with Gasteiger partial charge < -0.3 is 15.0 Å². The number of ether oxygens (including phenoxy) is 1. The first kappa shape index (κ1) is 27.6. The third kappa shape index (κ3) is 7.19. The van der Waals surface area contributed by atoms with E-state index >= 15 is 0 Å². The second-order valence-electron chi connectivity index (χ2n) is 8.08. The van der Waals surface area contributed by atoms with Gasteiger partial charge in [0.1, 0.15) is 11.8 Å². The van der Waals surface area contributed by atoms with E-state index < -0.39 is 28.5 Å². The predicted molar refractivity (Wildman–Crippen MR) is 132 cm³/mol. The van der Waals surface area contributed by atoms with Gasteiger partial charge in [0.25, 0.3) is 0 Å². The van der Waals surface area contributed by atoms with Gasteiger partial charge in [-0.25, -0.2) is 8.42 Å². The molecule has 1 N–H and O–H groups in total. The molecule has 0 fully saturated rings. The van der Waals surface area contributed by atoms with Crippen LogP contribution in [-0.4, -0.2) is 62.2 Å². The largest absolute Gasteiger partial charge is 0.497 e. The molecule has 2 atom stereocenters. The summed E-state index contributed by atoms with van der Waals surface area (Å²) in [6.45, 7) is 5.13. The van der Waals surface area contributed by atoms with Crippen molar-refractivity contribution in [1.29, 1.82) is 0 Å². The molecule has 0 aliphatic heterocycles. The zero-order valence-electron chi connectivity index (χ0n) is 20.1. The molecule has 34 heavy (non-hydrogen) atoms. The topological polar surface area (TPSA) is 96.0 Å². The lowest BCUT2D eigenvalue weighted by Gasteiger charge is -2.31. The van der Waals surface area contributed by atoms with Crippen molar-refractivity contribution in [1.82, 2.24) is 14.5 Å². The van der Waals surface area contributed by atoms with Crippen LogP contribution in [-0.2, 0) is 26.2 Å². The Balaban J connectivity index is 2.29. The summed E-state index contributed by atoms with van der Waals surface area (Å²) in [4.78, 5) is 27.6. The second-order valence-corrected chi connectivity index (χ2v) is 10.6. The van der Waals surface area contributed by atoms with Crippen LogP contribution in [0.4, 0.5) is 0 Å². The van der Waals surface area contributed by atoms with Gasteiger partial charge in [-0.2, -0.15) is 4.31 Å². The molecule has 0 aromatic heterocycles. The van der Waals surface area contributed by atoms with E-state index in [1.165, 1.54) is 36.2 Å². The zero-order valence-corrected chi connectivity index (χ0v) is 21.7. The molecule has 2 rings (SSSR count). The lowest BCUT2D eigenvalue weighted by Crippen LogP contribution is -2.51. The zero-order chi connectivity index (χ0) is 25.5. The third-order valence-electron chi connectivity index (χ3n) is 5.54. The lowest BCUT2D eigenvalue weighted by molar-refractivity contribution is -0.140. The minimum absolute atomic E-state index is 0.0223. The maximum absolute atomic E-state index is 13.3. The first-order valence-corrected chi connectivity index (χ1v) is 12.8. The van der Waals surface area contributed by atoms with E-state index in [-0.39, 0.29) is 23.4 Å². The number of likely N-dealkylation sites (N-methyl/N-ethyl adjacent to an activating group) is 1. The quantitative estimate of drug-likeness (QED) is 0.501. The smallest absolute Gasteiger partial charge is 0.243 e. The Hall–Kier alpha value is -2.62. The summed E-state index contributed by atoms with van der Waals surface area (Å²) in [5, 5.41) is 3.29. The highest BCUT2D eigenvalue weighted by atomic mass is 35.5. The molecule has 0 unspecified atom stereocenters. The Morgan fingerprint density at radius 3 is 2.35 bits per heavy atom. The fourth-order valence-corrected chi connectivity index (χ4v) is 4.41. The number of halogens is 1. The predicted octanol–water partition coefficient (Wildman–Crippen LogP) is 3.30. The summed E-state index contributed by atoms with van der Waals surface area (Å²) in [7, 11) is -1.06. The molecular weight excluding hydrogens is 478 g/mol. The van der Waals surface area contributed by atoms with Gasteiger partial charge in [0.2, 0.25) is 21.8 Å². The maximum Gasteiger partial charge on any atom is 0.243 e. The molecule has 2 aromatic carbocycles. The monoisotopic (exact) mass is 509 g/mol. The van der Waals surface area contributed by atoms with Gasteiger partial charge in [0.05, 0.1) is 18.6 Å². The molecule has 0 aliphatic carbocycles. The normalized spacial score (nSPS) is 13.3. The Kier molecular flexibility index (Phi) is 9.90. The van der Waals surface area contributed by atoms with Crippen LogP contribution in [0.3, 0.4) is 0 Å². The number of nitrogens with zero attached hydrogens (tertiary/aromatic N) is 2. The average Bonchev–Trinajstić information content (AvgIpc) is 2.82. The Morgan fingerprint density at radius 2 is 1.76 bits per heavy atom. The molecule has 0 spiro atoms. The number of nitrogens with one attached hydrogen (secondary N) is 1. The van der Waals surface area contributed by atoms with Crippen molar-refractivity contribution in [2.24, 2.45) is 0 Å². The van der Waals surface area contributed by atoms with Gasteiger partial charge in [-0.1, -0.05) is 30.7 Å². The van der Waals surface area contributed by atoms with Crippen LogP contribution < -0.4 is 10.1 Å². The summed E-state index contributed by atoms with van der Waals surface area (Å²) in [5.41, 5.74) is 0.749. The number of amides is 2. The molecular formula is C24H32ClN3O5S. The molecule has 2 aromatic rings. The van der Waals surface area contributed by atoms with Gasteiger partial charge in [-0.05, 0) is 62.2 Å².